The van der Waals surface area contributed by atoms with Gasteiger partial charge in [0.05, 0.1) is 0 Å². The van der Waals surface area contributed by atoms with Crippen molar-refractivity contribution in [3.8, 4) is 0 Å². The van der Waals surface area contributed by atoms with Crippen molar-refractivity contribution in [3.05, 3.63) is 52.9 Å². The predicted molar refractivity (Wildman–Crippen MR) is 116 cm³/mol. The molecule has 0 spiro atoms. The number of thiophene rings is 1. The largest absolute Gasteiger partial charge is 0.351 e. The third-order valence-corrected chi connectivity index (χ3v) is 8.71. The molecule has 1 fully saturated rings. The summed E-state index contributed by atoms with van der Waals surface area (Å²) in [5.41, 5.74) is 2.25. The minimum atomic E-state index is -3.62. The Kier molecular flexibility index (Phi) is 7.45. The Hall–Kier alpha value is -1.74. The topological polar surface area (TPSA) is 69.7 Å². The van der Waals surface area contributed by atoms with Crippen molar-refractivity contribution < 1.29 is 13.2 Å². The summed E-state index contributed by atoms with van der Waals surface area (Å²) >= 11 is 1.19. The van der Waals surface area contributed by atoms with Gasteiger partial charge in [0.1, 0.15) is 10.3 Å². The maximum Gasteiger partial charge on any atom is 0.253 e. The zero-order valence-electron chi connectivity index (χ0n) is 17.0. The number of rotatable bonds is 9. The van der Waals surface area contributed by atoms with E-state index in [9.17, 15) is 13.2 Å². The third kappa shape index (κ3) is 5.06. The number of benzene rings is 1. The molecule has 2 aromatic rings. The maximum absolute atomic E-state index is 12.9. The number of nitrogens with zero attached hydrogens (tertiary/aromatic N) is 2. The smallest absolute Gasteiger partial charge is 0.253 e. The van der Waals surface area contributed by atoms with E-state index in [1.807, 2.05) is 18.2 Å². The number of carbonyl (C=O) groups excluding carboxylic acids is 1. The lowest BCUT2D eigenvalue weighted by Crippen LogP contribution is -2.45. The molecule has 0 aliphatic carbocycles. The van der Waals surface area contributed by atoms with Gasteiger partial charge in [-0.1, -0.05) is 44.2 Å². The lowest BCUT2D eigenvalue weighted by molar-refractivity contribution is -0.124. The standard InChI is InChI=1S/C21H29N3O3S2/c1-3-23(4-2)16-18-10-6-5-9-17(18)15-22-21(25)19-11-7-13-24(19)29(26,27)20-12-8-14-28-20/h5-6,8-10,12,14,19H,3-4,7,11,13,15-16H2,1-2H3,(H,22,25)/t19-/m0/s1. The second-order valence-corrected chi connectivity index (χ2v) is 10.2. The van der Waals surface area contributed by atoms with E-state index in [0.29, 0.717) is 30.1 Å². The van der Waals surface area contributed by atoms with E-state index >= 15 is 0 Å². The molecule has 2 heterocycles. The molecule has 0 unspecified atom stereocenters. The Morgan fingerprint density at radius 2 is 1.90 bits per heavy atom. The van der Waals surface area contributed by atoms with Crippen LogP contribution in [-0.4, -0.2) is 49.2 Å². The van der Waals surface area contributed by atoms with Crippen LogP contribution in [-0.2, 0) is 27.9 Å². The zero-order valence-corrected chi connectivity index (χ0v) is 18.6. The van der Waals surface area contributed by atoms with Crippen LogP contribution in [0, 0.1) is 0 Å². The SMILES string of the molecule is CCN(CC)Cc1ccccc1CNC(=O)[C@@H]1CCCN1S(=O)(=O)c1cccs1. The summed E-state index contributed by atoms with van der Waals surface area (Å²) in [5.74, 6) is -0.222. The van der Waals surface area contributed by atoms with Crippen LogP contribution in [0.2, 0.25) is 0 Å². The van der Waals surface area contributed by atoms with E-state index in [4.69, 9.17) is 0 Å². The van der Waals surface area contributed by atoms with Gasteiger partial charge in [-0.3, -0.25) is 9.69 Å². The van der Waals surface area contributed by atoms with Gasteiger partial charge in [0.15, 0.2) is 0 Å². The Morgan fingerprint density at radius 3 is 2.55 bits per heavy atom. The molecule has 1 N–H and O–H groups in total. The van der Waals surface area contributed by atoms with Gasteiger partial charge in [-0.05, 0) is 48.5 Å². The van der Waals surface area contributed by atoms with Crippen LogP contribution >= 0.6 is 11.3 Å². The highest BCUT2D eigenvalue weighted by Crippen LogP contribution is 2.28. The summed E-state index contributed by atoms with van der Waals surface area (Å²) in [5, 5.41) is 4.72. The van der Waals surface area contributed by atoms with Crippen LogP contribution in [0.4, 0.5) is 0 Å². The maximum atomic E-state index is 12.9. The summed E-state index contributed by atoms with van der Waals surface area (Å²) in [4.78, 5) is 15.2. The van der Waals surface area contributed by atoms with Crippen molar-refractivity contribution in [1.29, 1.82) is 0 Å². The van der Waals surface area contributed by atoms with Crippen LogP contribution in [0.1, 0.15) is 37.8 Å². The minimum absolute atomic E-state index is 0.222. The average Bonchev–Trinajstić information content (AvgIpc) is 3.43. The molecule has 29 heavy (non-hydrogen) atoms. The lowest BCUT2D eigenvalue weighted by atomic mass is 10.1. The molecular weight excluding hydrogens is 406 g/mol. The second-order valence-electron chi connectivity index (χ2n) is 7.15. The molecule has 1 atom stereocenters. The van der Waals surface area contributed by atoms with Crippen molar-refractivity contribution in [1.82, 2.24) is 14.5 Å². The quantitative estimate of drug-likeness (QED) is 0.657. The molecule has 1 amide bonds. The van der Waals surface area contributed by atoms with Gasteiger partial charge in [0.25, 0.3) is 10.0 Å². The summed E-state index contributed by atoms with van der Waals surface area (Å²) in [6, 6.07) is 10.8. The van der Waals surface area contributed by atoms with Crippen molar-refractivity contribution in [2.45, 2.75) is 50.0 Å². The Labute approximate surface area is 177 Å². The van der Waals surface area contributed by atoms with Crippen molar-refractivity contribution in [2.75, 3.05) is 19.6 Å². The normalized spacial score (nSPS) is 17.7. The highest BCUT2D eigenvalue weighted by atomic mass is 32.2. The Balaban J connectivity index is 1.68. The molecule has 1 saturated heterocycles. The van der Waals surface area contributed by atoms with Gasteiger partial charge in [-0.2, -0.15) is 4.31 Å². The number of hydrogen-bond acceptors (Lipinski definition) is 5. The van der Waals surface area contributed by atoms with Gasteiger partial charge < -0.3 is 5.32 Å². The highest BCUT2D eigenvalue weighted by molar-refractivity contribution is 7.91. The number of sulfonamides is 1. The fraction of sp³-hybridized carbons (Fsp3) is 0.476. The second kappa shape index (κ2) is 9.84. The zero-order chi connectivity index (χ0) is 20.9. The van der Waals surface area contributed by atoms with E-state index in [-0.39, 0.29) is 5.91 Å². The molecule has 1 aromatic carbocycles. The summed E-state index contributed by atoms with van der Waals surface area (Å²) in [7, 11) is -3.62. The fourth-order valence-corrected chi connectivity index (χ4v) is 6.46. The van der Waals surface area contributed by atoms with Gasteiger partial charge in [0.2, 0.25) is 5.91 Å². The molecule has 1 aromatic heterocycles. The van der Waals surface area contributed by atoms with Gasteiger partial charge >= 0.3 is 0 Å². The van der Waals surface area contributed by atoms with Gasteiger partial charge in [-0.25, -0.2) is 8.42 Å². The monoisotopic (exact) mass is 435 g/mol. The molecule has 8 heteroatoms. The Bertz CT molecular complexity index is 909. The molecule has 158 valence electrons. The molecule has 0 bridgehead atoms. The molecular formula is C21H29N3O3S2. The van der Waals surface area contributed by atoms with E-state index in [1.165, 1.54) is 21.2 Å². The van der Waals surface area contributed by atoms with E-state index in [2.05, 4.69) is 30.1 Å². The minimum Gasteiger partial charge on any atom is -0.351 e. The average molecular weight is 436 g/mol. The molecule has 3 rings (SSSR count). The third-order valence-electron chi connectivity index (χ3n) is 5.42. The fourth-order valence-electron chi connectivity index (χ4n) is 3.69. The first kappa shape index (κ1) is 22.0. The van der Waals surface area contributed by atoms with Crippen molar-refractivity contribution in [2.24, 2.45) is 0 Å². The molecule has 1 aliphatic heterocycles. The van der Waals surface area contributed by atoms with Gasteiger partial charge in [-0.15, -0.1) is 11.3 Å². The van der Waals surface area contributed by atoms with E-state index in [1.54, 1.807) is 17.5 Å². The van der Waals surface area contributed by atoms with E-state index < -0.39 is 16.1 Å². The van der Waals surface area contributed by atoms with Crippen molar-refractivity contribution >= 4 is 27.3 Å². The first-order valence-corrected chi connectivity index (χ1v) is 12.4. The highest BCUT2D eigenvalue weighted by Gasteiger charge is 2.39. The molecule has 1 aliphatic rings. The number of amides is 1. The molecule has 0 radical (unpaired) electrons. The first-order chi connectivity index (χ1) is 14.0. The first-order valence-electron chi connectivity index (χ1n) is 10.1. The Morgan fingerprint density at radius 1 is 1.17 bits per heavy atom. The van der Waals surface area contributed by atoms with Crippen LogP contribution in [0.25, 0.3) is 0 Å². The summed E-state index contributed by atoms with van der Waals surface area (Å²) in [6.07, 6.45) is 1.25. The molecule has 6 nitrogen and oxygen atoms in total. The number of nitrogens with one attached hydrogen (secondary N) is 1. The van der Waals surface area contributed by atoms with Crippen LogP contribution in [0.3, 0.4) is 0 Å². The number of carbonyl (C=O) groups is 1. The van der Waals surface area contributed by atoms with Gasteiger partial charge in [0, 0.05) is 19.6 Å². The van der Waals surface area contributed by atoms with Crippen molar-refractivity contribution in [3.63, 3.8) is 0 Å². The summed E-state index contributed by atoms with van der Waals surface area (Å²) < 4.78 is 27.4. The predicted octanol–water partition coefficient (Wildman–Crippen LogP) is 3.06. The van der Waals surface area contributed by atoms with Crippen LogP contribution in [0.5, 0.6) is 0 Å². The summed E-state index contributed by atoms with van der Waals surface area (Å²) in [6.45, 7) is 7.83. The van der Waals surface area contributed by atoms with Crippen LogP contribution in [0.15, 0.2) is 46.0 Å². The molecule has 0 saturated carbocycles. The lowest BCUT2D eigenvalue weighted by Gasteiger charge is -2.23. The number of hydrogen-bond donors (Lipinski definition) is 1. The van der Waals surface area contributed by atoms with Crippen LogP contribution < -0.4 is 5.32 Å². The van der Waals surface area contributed by atoms with E-state index in [0.717, 1.165) is 25.2 Å².